The fourth-order valence-electron chi connectivity index (χ4n) is 3.22. The highest BCUT2D eigenvalue weighted by molar-refractivity contribution is 5.29. The minimum absolute atomic E-state index is 0.212. The molecule has 0 amide bonds. The Morgan fingerprint density at radius 3 is 2.86 bits per heavy atom. The summed E-state index contributed by atoms with van der Waals surface area (Å²) >= 11 is 0. The molecule has 1 aromatic carbocycles. The van der Waals surface area contributed by atoms with E-state index in [9.17, 15) is 5.11 Å². The number of hydrogen-bond acceptors (Lipinski definition) is 5. The lowest BCUT2D eigenvalue weighted by Crippen LogP contribution is -2.36. The van der Waals surface area contributed by atoms with Gasteiger partial charge in [0.25, 0.3) is 0 Å². The molecule has 0 aliphatic rings. The van der Waals surface area contributed by atoms with Crippen LogP contribution in [0.1, 0.15) is 17.7 Å². The molecule has 0 aliphatic carbocycles. The van der Waals surface area contributed by atoms with E-state index in [1.807, 2.05) is 18.2 Å². The Bertz CT molecular complexity index is 753. The molecule has 29 heavy (non-hydrogen) atoms. The van der Waals surface area contributed by atoms with Crippen LogP contribution >= 0.6 is 0 Å². The molecule has 0 saturated carbocycles. The van der Waals surface area contributed by atoms with E-state index in [1.165, 1.54) is 11.3 Å². The number of rotatable bonds is 14. The molecular weight excluding hydrogens is 368 g/mol. The van der Waals surface area contributed by atoms with Crippen molar-refractivity contribution in [3.05, 3.63) is 53.9 Å². The summed E-state index contributed by atoms with van der Waals surface area (Å²) < 4.78 is 18.0. The van der Waals surface area contributed by atoms with Crippen LogP contribution in [0.15, 0.2) is 42.6 Å². The molecule has 2 rings (SSSR count). The highest BCUT2D eigenvalue weighted by atomic mass is 16.5. The third-order valence-corrected chi connectivity index (χ3v) is 4.58. The number of aliphatic hydroxyl groups excluding tert-OH is 1. The molecule has 0 bridgehead atoms. The van der Waals surface area contributed by atoms with Crippen molar-refractivity contribution in [1.29, 1.82) is 0 Å². The SMILES string of the molecule is C#CCOC[C@H](O)CN(CCCOC)Cc1cccn1Cc1cccc(OC)c1. The summed E-state index contributed by atoms with van der Waals surface area (Å²) in [6.07, 6.45) is 7.58. The topological polar surface area (TPSA) is 56.1 Å². The Morgan fingerprint density at radius 2 is 2.10 bits per heavy atom. The molecule has 6 heteroatoms. The van der Waals surface area contributed by atoms with Gasteiger partial charge in [0.2, 0.25) is 0 Å². The zero-order valence-corrected chi connectivity index (χ0v) is 17.4. The van der Waals surface area contributed by atoms with Gasteiger partial charge in [-0.3, -0.25) is 4.90 Å². The number of aliphatic hydroxyl groups is 1. The highest BCUT2D eigenvalue weighted by Gasteiger charge is 2.14. The van der Waals surface area contributed by atoms with Crippen LogP contribution in [0.3, 0.4) is 0 Å². The summed E-state index contributed by atoms with van der Waals surface area (Å²) in [5, 5.41) is 10.3. The van der Waals surface area contributed by atoms with Gasteiger partial charge in [-0.2, -0.15) is 0 Å². The molecule has 0 radical (unpaired) electrons. The van der Waals surface area contributed by atoms with Crippen molar-refractivity contribution in [2.24, 2.45) is 0 Å². The minimum atomic E-state index is -0.590. The molecule has 0 aliphatic heterocycles. The van der Waals surface area contributed by atoms with E-state index >= 15 is 0 Å². The van der Waals surface area contributed by atoms with Gasteiger partial charge in [0.15, 0.2) is 0 Å². The molecular formula is C23H32N2O4. The Morgan fingerprint density at radius 1 is 1.24 bits per heavy atom. The number of terminal acetylenes is 1. The summed E-state index contributed by atoms with van der Waals surface area (Å²) in [4.78, 5) is 2.22. The van der Waals surface area contributed by atoms with E-state index < -0.39 is 6.10 Å². The predicted octanol–water partition coefficient (Wildman–Crippen LogP) is 2.39. The lowest BCUT2D eigenvalue weighted by molar-refractivity contribution is 0.0240. The quantitative estimate of drug-likeness (QED) is 0.390. The summed E-state index contributed by atoms with van der Waals surface area (Å²) in [5.74, 6) is 3.27. The number of ether oxygens (including phenoxy) is 3. The highest BCUT2D eigenvalue weighted by Crippen LogP contribution is 2.16. The summed E-state index contributed by atoms with van der Waals surface area (Å²) in [5.41, 5.74) is 2.36. The first-order valence-corrected chi connectivity index (χ1v) is 9.83. The molecule has 158 valence electrons. The van der Waals surface area contributed by atoms with Gasteiger partial charge in [-0.1, -0.05) is 18.1 Å². The van der Waals surface area contributed by atoms with Crippen LogP contribution in [-0.2, 0) is 22.6 Å². The second-order valence-corrected chi connectivity index (χ2v) is 6.93. The lowest BCUT2D eigenvalue weighted by Gasteiger charge is -2.25. The average Bonchev–Trinajstić information content (AvgIpc) is 3.15. The number of benzene rings is 1. The standard InChI is InChI=1S/C23H32N2O4/c1-4-13-29-19-22(26)18-24(11-7-14-27-2)17-21-9-6-12-25(21)16-20-8-5-10-23(15-20)28-3/h1,5-6,8-10,12,15,22,26H,7,11,13-14,16-19H2,2-3H3/t22-/m1/s1. The zero-order chi connectivity index (χ0) is 20.9. The minimum Gasteiger partial charge on any atom is -0.497 e. The Labute approximate surface area is 174 Å². The fourth-order valence-corrected chi connectivity index (χ4v) is 3.22. The van der Waals surface area contributed by atoms with Gasteiger partial charge in [-0.05, 0) is 36.2 Å². The molecule has 1 N–H and O–H groups in total. The van der Waals surface area contributed by atoms with E-state index in [0.29, 0.717) is 13.2 Å². The van der Waals surface area contributed by atoms with E-state index in [1.54, 1.807) is 14.2 Å². The van der Waals surface area contributed by atoms with Crippen LogP contribution in [0.4, 0.5) is 0 Å². The first kappa shape index (κ1) is 23.0. The molecule has 2 aromatic rings. The van der Waals surface area contributed by atoms with Gasteiger partial charge in [0.1, 0.15) is 12.4 Å². The number of aromatic nitrogens is 1. The summed E-state index contributed by atoms with van der Waals surface area (Å²) in [7, 11) is 3.38. The monoisotopic (exact) mass is 400 g/mol. The van der Waals surface area contributed by atoms with Crippen LogP contribution < -0.4 is 4.74 Å². The maximum atomic E-state index is 10.3. The van der Waals surface area contributed by atoms with Gasteiger partial charge in [-0.15, -0.1) is 6.42 Å². The molecule has 0 fully saturated rings. The van der Waals surface area contributed by atoms with E-state index in [4.69, 9.17) is 20.6 Å². The van der Waals surface area contributed by atoms with E-state index in [2.05, 4.69) is 39.8 Å². The fraction of sp³-hybridized carbons (Fsp3) is 0.478. The van der Waals surface area contributed by atoms with Crippen molar-refractivity contribution in [3.63, 3.8) is 0 Å². The maximum absolute atomic E-state index is 10.3. The number of methoxy groups -OCH3 is 2. The van der Waals surface area contributed by atoms with Gasteiger partial charge < -0.3 is 23.9 Å². The Kier molecular flexibility index (Phi) is 10.3. The third kappa shape index (κ3) is 8.30. The Hall–Kier alpha value is -2.30. The van der Waals surface area contributed by atoms with E-state index in [-0.39, 0.29) is 13.2 Å². The Balaban J connectivity index is 2.01. The first-order chi connectivity index (χ1) is 14.2. The van der Waals surface area contributed by atoms with Crippen molar-refractivity contribution in [2.75, 3.05) is 47.1 Å². The first-order valence-electron chi connectivity index (χ1n) is 9.83. The van der Waals surface area contributed by atoms with Gasteiger partial charge in [0, 0.05) is 51.8 Å². The number of nitrogens with zero attached hydrogens (tertiary/aromatic N) is 2. The third-order valence-electron chi connectivity index (χ3n) is 4.58. The average molecular weight is 401 g/mol. The number of hydrogen-bond donors (Lipinski definition) is 1. The maximum Gasteiger partial charge on any atom is 0.119 e. The molecule has 0 unspecified atom stereocenters. The summed E-state index contributed by atoms with van der Waals surface area (Å²) in [6, 6.07) is 12.3. The van der Waals surface area contributed by atoms with Crippen molar-refractivity contribution in [1.82, 2.24) is 9.47 Å². The summed E-state index contributed by atoms with van der Waals surface area (Å²) in [6.45, 7) is 3.96. The van der Waals surface area contributed by atoms with Crippen molar-refractivity contribution < 1.29 is 19.3 Å². The van der Waals surface area contributed by atoms with Gasteiger partial charge >= 0.3 is 0 Å². The van der Waals surface area contributed by atoms with Crippen molar-refractivity contribution >= 4 is 0 Å². The molecule has 0 spiro atoms. The lowest BCUT2D eigenvalue weighted by atomic mass is 10.2. The van der Waals surface area contributed by atoms with Crippen LogP contribution in [0.25, 0.3) is 0 Å². The molecule has 1 heterocycles. The van der Waals surface area contributed by atoms with Crippen LogP contribution in [0.2, 0.25) is 0 Å². The second-order valence-electron chi connectivity index (χ2n) is 6.93. The molecule has 1 atom stereocenters. The van der Waals surface area contributed by atoms with Crippen molar-refractivity contribution in [3.8, 4) is 18.1 Å². The zero-order valence-electron chi connectivity index (χ0n) is 17.4. The van der Waals surface area contributed by atoms with E-state index in [0.717, 1.165) is 31.8 Å². The van der Waals surface area contributed by atoms with Crippen LogP contribution in [-0.4, -0.2) is 67.8 Å². The molecule has 0 saturated heterocycles. The smallest absolute Gasteiger partial charge is 0.119 e. The predicted molar refractivity (Wildman–Crippen MR) is 114 cm³/mol. The molecule has 6 nitrogen and oxygen atoms in total. The van der Waals surface area contributed by atoms with Crippen LogP contribution in [0.5, 0.6) is 5.75 Å². The normalized spacial score (nSPS) is 12.1. The molecule has 1 aromatic heterocycles. The largest absolute Gasteiger partial charge is 0.497 e. The van der Waals surface area contributed by atoms with Gasteiger partial charge in [0.05, 0.1) is 19.8 Å². The second kappa shape index (κ2) is 13.0. The van der Waals surface area contributed by atoms with Gasteiger partial charge in [-0.25, -0.2) is 0 Å². The van der Waals surface area contributed by atoms with Crippen molar-refractivity contribution in [2.45, 2.75) is 25.6 Å². The van der Waals surface area contributed by atoms with Crippen LogP contribution in [0, 0.1) is 12.3 Å².